The summed E-state index contributed by atoms with van der Waals surface area (Å²) in [5.41, 5.74) is 0.669. The average molecular weight is 318 g/mol. The van der Waals surface area contributed by atoms with E-state index in [0.717, 1.165) is 12.2 Å². The molecule has 0 saturated carbocycles. The molecule has 1 aliphatic rings. The van der Waals surface area contributed by atoms with Gasteiger partial charge in [0.25, 0.3) is 0 Å². The summed E-state index contributed by atoms with van der Waals surface area (Å²) in [7, 11) is 0. The number of hydrogen-bond donors (Lipinski definition) is 2. The number of benzene rings is 1. The minimum Gasteiger partial charge on any atom is -0.493 e. The maximum atomic E-state index is 12.1. The molecule has 1 aromatic carbocycles. The lowest BCUT2D eigenvalue weighted by atomic mass is 9.95. The van der Waals surface area contributed by atoms with Gasteiger partial charge in [-0.15, -0.1) is 0 Å². The Morgan fingerprint density at radius 1 is 1.30 bits per heavy atom. The fourth-order valence-corrected chi connectivity index (χ4v) is 2.40. The monoisotopic (exact) mass is 318 g/mol. The second kappa shape index (κ2) is 7.02. The zero-order chi connectivity index (χ0) is 17.0. The average Bonchev–Trinajstić information content (AvgIpc) is 2.51. The number of para-hydroxylation sites is 1. The molecule has 0 aromatic heterocycles. The van der Waals surface area contributed by atoms with Crippen molar-refractivity contribution < 1.29 is 14.3 Å². The Bertz CT molecular complexity index is 578. The van der Waals surface area contributed by atoms with E-state index in [2.05, 4.69) is 16.7 Å². The Morgan fingerprint density at radius 2 is 2.00 bits per heavy atom. The third-order valence-corrected chi connectivity index (χ3v) is 3.94. The molecule has 2 N–H and O–H groups in total. The molecule has 1 aromatic rings. The van der Waals surface area contributed by atoms with Crippen molar-refractivity contribution >= 4 is 11.8 Å². The fourth-order valence-electron chi connectivity index (χ4n) is 2.40. The molecule has 1 heterocycles. The first-order valence-electron chi connectivity index (χ1n) is 8.06. The predicted molar refractivity (Wildman–Crippen MR) is 89.2 cm³/mol. The second-order valence-electron chi connectivity index (χ2n) is 7.18. The minimum absolute atomic E-state index is 0.130. The van der Waals surface area contributed by atoms with Gasteiger partial charge in [-0.25, -0.2) is 0 Å². The highest BCUT2D eigenvalue weighted by Gasteiger charge is 2.26. The molecule has 2 rings (SSSR count). The second-order valence-corrected chi connectivity index (χ2v) is 7.18. The van der Waals surface area contributed by atoms with E-state index in [1.807, 2.05) is 39.0 Å². The first-order chi connectivity index (χ1) is 10.8. The number of rotatable bonds is 4. The highest BCUT2D eigenvalue weighted by atomic mass is 16.5. The van der Waals surface area contributed by atoms with E-state index < -0.39 is 11.5 Å². The molecule has 0 aliphatic carbocycles. The van der Waals surface area contributed by atoms with Gasteiger partial charge in [0, 0.05) is 17.9 Å². The van der Waals surface area contributed by atoms with E-state index in [0.29, 0.717) is 13.2 Å². The van der Waals surface area contributed by atoms with Gasteiger partial charge in [0.2, 0.25) is 11.8 Å². The predicted octanol–water partition coefficient (Wildman–Crippen LogP) is 1.90. The van der Waals surface area contributed by atoms with Crippen LogP contribution in [0.25, 0.3) is 0 Å². The van der Waals surface area contributed by atoms with Gasteiger partial charge in [-0.1, -0.05) is 39.0 Å². The van der Waals surface area contributed by atoms with Crippen molar-refractivity contribution in [2.75, 3.05) is 13.2 Å². The zero-order valence-corrected chi connectivity index (χ0v) is 14.3. The Kier molecular flexibility index (Phi) is 5.29. The molecule has 126 valence electrons. The highest BCUT2D eigenvalue weighted by Crippen LogP contribution is 2.26. The maximum absolute atomic E-state index is 12.1. The molecule has 0 fully saturated rings. The number of carbonyl (C=O) groups excluding carboxylic acids is 2. The Hall–Kier alpha value is -2.04. The molecule has 0 saturated heterocycles. The van der Waals surface area contributed by atoms with Gasteiger partial charge in [0.05, 0.1) is 6.61 Å². The molecular formula is C18H26N2O3. The van der Waals surface area contributed by atoms with Crippen LogP contribution in [-0.4, -0.2) is 31.0 Å². The fraction of sp³-hybridized carbons (Fsp3) is 0.556. The van der Waals surface area contributed by atoms with Crippen LogP contribution in [0.2, 0.25) is 0 Å². The van der Waals surface area contributed by atoms with Gasteiger partial charge in [0.1, 0.15) is 11.8 Å². The summed E-state index contributed by atoms with van der Waals surface area (Å²) in [6.45, 7) is 8.31. The van der Waals surface area contributed by atoms with Crippen molar-refractivity contribution in [2.24, 2.45) is 11.3 Å². The number of nitrogens with one attached hydrogen (secondary N) is 2. The van der Waals surface area contributed by atoms with E-state index in [4.69, 9.17) is 4.74 Å². The normalized spacial score (nSPS) is 18.3. The number of ether oxygens (including phenoxy) is 1. The summed E-state index contributed by atoms with van der Waals surface area (Å²) >= 11 is 0. The number of hydrogen-bond acceptors (Lipinski definition) is 3. The summed E-state index contributed by atoms with van der Waals surface area (Å²) in [5.74, 6) is 0.886. The SMILES string of the molecule is CC(NC(=O)C(C)(C)C)C(=O)NCC1COc2ccccc2C1. The summed E-state index contributed by atoms with van der Waals surface area (Å²) in [6.07, 6.45) is 0.888. The largest absolute Gasteiger partial charge is 0.493 e. The first kappa shape index (κ1) is 17.3. The standard InChI is InChI=1S/C18H26N2O3/c1-12(20-17(22)18(2,3)4)16(21)19-10-13-9-14-7-5-6-8-15(14)23-11-13/h5-8,12-13H,9-11H2,1-4H3,(H,19,21)(H,20,22). The lowest BCUT2D eigenvalue weighted by Gasteiger charge is -2.26. The van der Waals surface area contributed by atoms with Crippen molar-refractivity contribution in [3.8, 4) is 5.75 Å². The maximum Gasteiger partial charge on any atom is 0.242 e. The lowest BCUT2D eigenvalue weighted by molar-refractivity contribution is -0.133. The van der Waals surface area contributed by atoms with Crippen LogP contribution in [0.5, 0.6) is 5.75 Å². The highest BCUT2D eigenvalue weighted by molar-refractivity contribution is 5.89. The van der Waals surface area contributed by atoms with Crippen molar-refractivity contribution in [3.05, 3.63) is 29.8 Å². The van der Waals surface area contributed by atoms with Gasteiger partial charge in [0.15, 0.2) is 0 Å². The lowest BCUT2D eigenvalue weighted by Crippen LogP contribution is -2.49. The Labute approximate surface area is 137 Å². The van der Waals surface area contributed by atoms with Crippen LogP contribution in [-0.2, 0) is 16.0 Å². The van der Waals surface area contributed by atoms with Crippen LogP contribution in [0.3, 0.4) is 0 Å². The van der Waals surface area contributed by atoms with E-state index in [9.17, 15) is 9.59 Å². The van der Waals surface area contributed by atoms with Crippen molar-refractivity contribution in [1.29, 1.82) is 0 Å². The molecule has 5 heteroatoms. The van der Waals surface area contributed by atoms with E-state index in [1.54, 1.807) is 6.92 Å². The summed E-state index contributed by atoms with van der Waals surface area (Å²) in [5, 5.41) is 5.65. The van der Waals surface area contributed by atoms with E-state index >= 15 is 0 Å². The number of fused-ring (bicyclic) bond motifs is 1. The molecule has 1 aliphatic heterocycles. The first-order valence-corrected chi connectivity index (χ1v) is 8.06. The smallest absolute Gasteiger partial charge is 0.242 e. The van der Waals surface area contributed by atoms with Crippen LogP contribution in [0.15, 0.2) is 24.3 Å². The van der Waals surface area contributed by atoms with Crippen LogP contribution in [0, 0.1) is 11.3 Å². The Balaban J connectivity index is 1.80. The molecule has 0 bridgehead atoms. The topological polar surface area (TPSA) is 67.4 Å². The minimum atomic E-state index is -0.543. The molecular weight excluding hydrogens is 292 g/mol. The zero-order valence-electron chi connectivity index (χ0n) is 14.3. The van der Waals surface area contributed by atoms with Crippen LogP contribution in [0.4, 0.5) is 0 Å². The Morgan fingerprint density at radius 3 is 2.70 bits per heavy atom. The van der Waals surface area contributed by atoms with Gasteiger partial charge in [-0.05, 0) is 25.0 Å². The van der Waals surface area contributed by atoms with Crippen molar-refractivity contribution in [2.45, 2.75) is 40.2 Å². The third kappa shape index (κ3) is 4.71. The van der Waals surface area contributed by atoms with E-state index in [-0.39, 0.29) is 17.7 Å². The third-order valence-electron chi connectivity index (χ3n) is 3.94. The summed E-state index contributed by atoms with van der Waals surface area (Å²) < 4.78 is 5.72. The number of amides is 2. The van der Waals surface area contributed by atoms with Crippen LogP contribution in [0.1, 0.15) is 33.3 Å². The quantitative estimate of drug-likeness (QED) is 0.891. The van der Waals surface area contributed by atoms with Gasteiger partial charge >= 0.3 is 0 Å². The molecule has 2 unspecified atom stereocenters. The van der Waals surface area contributed by atoms with Crippen molar-refractivity contribution in [1.82, 2.24) is 10.6 Å². The summed E-state index contributed by atoms with van der Waals surface area (Å²) in [4.78, 5) is 24.0. The van der Waals surface area contributed by atoms with Crippen LogP contribution < -0.4 is 15.4 Å². The van der Waals surface area contributed by atoms with E-state index in [1.165, 1.54) is 5.56 Å². The van der Waals surface area contributed by atoms with Gasteiger partial charge in [-0.3, -0.25) is 9.59 Å². The molecule has 2 amide bonds. The van der Waals surface area contributed by atoms with Gasteiger partial charge in [-0.2, -0.15) is 0 Å². The van der Waals surface area contributed by atoms with Crippen molar-refractivity contribution in [3.63, 3.8) is 0 Å². The molecule has 23 heavy (non-hydrogen) atoms. The van der Waals surface area contributed by atoms with Gasteiger partial charge < -0.3 is 15.4 Å². The molecule has 0 radical (unpaired) electrons. The molecule has 0 spiro atoms. The summed E-state index contributed by atoms with van der Waals surface area (Å²) in [6, 6.07) is 7.43. The molecule has 5 nitrogen and oxygen atoms in total. The molecule has 2 atom stereocenters. The van der Waals surface area contributed by atoms with Crippen LogP contribution >= 0.6 is 0 Å². The number of carbonyl (C=O) groups is 2.